The van der Waals surface area contributed by atoms with Crippen molar-refractivity contribution in [3.63, 3.8) is 0 Å². The zero-order valence-corrected chi connectivity index (χ0v) is 14.0. The first-order valence-corrected chi connectivity index (χ1v) is 7.63. The molecule has 0 spiro atoms. The molecule has 0 amide bonds. The lowest BCUT2D eigenvalue weighted by molar-refractivity contribution is 0.0979. The van der Waals surface area contributed by atoms with Crippen molar-refractivity contribution in [2.45, 2.75) is 5.92 Å². The Bertz CT molecular complexity index is 692. The normalized spacial score (nSPS) is 11.7. The second-order valence-corrected chi connectivity index (χ2v) is 6.28. The molecule has 0 N–H and O–H groups in total. The average Bonchev–Trinajstić information content (AvgIpc) is 2.44. The molecule has 0 radical (unpaired) electrons. The average molecular weight is 413 g/mol. The molecule has 1 atom stereocenters. The maximum Gasteiger partial charge on any atom is 0.184 e. The van der Waals surface area contributed by atoms with Crippen molar-refractivity contribution in [1.29, 1.82) is 5.26 Å². The van der Waals surface area contributed by atoms with Gasteiger partial charge in [-0.15, -0.1) is 0 Å². The summed E-state index contributed by atoms with van der Waals surface area (Å²) >= 11 is 12.6. The van der Waals surface area contributed by atoms with E-state index in [1.807, 2.05) is 12.1 Å². The Labute approximate surface area is 138 Å². The Balaban J connectivity index is 2.36. The monoisotopic (exact) mass is 411 g/mol. The van der Waals surface area contributed by atoms with E-state index in [1.54, 1.807) is 30.3 Å². The summed E-state index contributed by atoms with van der Waals surface area (Å²) in [5.74, 6) is -1.09. The SMILES string of the molecule is N#CC(C(=O)c1ccc(Br)c(Cl)c1)c1ccc(Br)cc1. The fraction of sp³-hybridized carbons (Fsp3) is 0.0667. The maximum absolute atomic E-state index is 12.4. The zero-order chi connectivity index (χ0) is 14.7. The van der Waals surface area contributed by atoms with Crippen LogP contribution in [0.15, 0.2) is 51.4 Å². The van der Waals surface area contributed by atoms with Crippen LogP contribution in [0, 0.1) is 11.3 Å². The molecule has 2 rings (SSSR count). The van der Waals surface area contributed by atoms with Gasteiger partial charge < -0.3 is 0 Å². The third-order valence-corrected chi connectivity index (χ3v) is 4.56. The highest BCUT2D eigenvalue weighted by Crippen LogP contribution is 2.27. The molecule has 5 heteroatoms. The smallest absolute Gasteiger partial charge is 0.184 e. The van der Waals surface area contributed by atoms with E-state index in [9.17, 15) is 10.1 Å². The summed E-state index contributed by atoms with van der Waals surface area (Å²) < 4.78 is 1.62. The van der Waals surface area contributed by atoms with Crippen molar-refractivity contribution in [1.82, 2.24) is 0 Å². The number of hydrogen-bond donors (Lipinski definition) is 0. The van der Waals surface area contributed by atoms with Gasteiger partial charge in [-0.3, -0.25) is 4.79 Å². The third-order valence-electron chi connectivity index (χ3n) is 2.80. The van der Waals surface area contributed by atoms with Gasteiger partial charge in [0, 0.05) is 14.5 Å². The molecule has 1 unspecified atom stereocenters. The number of nitrogens with zero attached hydrogens (tertiary/aromatic N) is 1. The van der Waals surface area contributed by atoms with Crippen molar-refractivity contribution < 1.29 is 4.79 Å². The topological polar surface area (TPSA) is 40.9 Å². The minimum Gasteiger partial charge on any atom is -0.292 e. The number of carbonyl (C=O) groups excluding carboxylic acids is 1. The van der Waals surface area contributed by atoms with Gasteiger partial charge >= 0.3 is 0 Å². The van der Waals surface area contributed by atoms with E-state index in [2.05, 4.69) is 37.9 Å². The Kier molecular flexibility index (Phi) is 4.98. The first-order valence-electron chi connectivity index (χ1n) is 5.67. The number of Topliss-reactive ketones (excluding diaryl/α,β-unsaturated/α-hetero) is 1. The van der Waals surface area contributed by atoms with E-state index >= 15 is 0 Å². The van der Waals surface area contributed by atoms with E-state index in [0.717, 1.165) is 4.47 Å². The molecule has 0 bridgehead atoms. The quantitative estimate of drug-likeness (QED) is 0.636. The van der Waals surface area contributed by atoms with E-state index in [1.165, 1.54) is 0 Å². The van der Waals surface area contributed by atoms with E-state index in [0.29, 0.717) is 20.6 Å². The molecule has 0 aliphatic rings. The standard InChI is InChI=1S/C15H8Br2ClNO/c16-11-4-1-9(2-5-11)12(8-19)15(20)10-3-6-13(17)14(18)7-10/h1-7,12H. The fourth-order valence-electron chi connectivity index (χ4n) is 1.76. The number of halogens is 3. The van der Waals surface area contributed by atoms with Gasteiger partial charge in [0.25, 0.3) is 0 Å². The first kappa shape index (κ1) is 15.2. The predicted octanol–water partition coefficient (Wildman–Crippen LogP) is 5.36. The van der Waals surface area contributed by atoms with Gasteiger partial charge in [0.1, 0.15) is 5.92 Å². The molecular formula is C15H8Br2ClNO. The van der Waals surface area contributed by atoms with Crippen molar-refractivity contribution in [3.8, 4) is 6.07 Å². The molecule has 0 saturated carbocycles. The number of ketones is 1. The molecule has 20 heavy (non-hydrogen) atoms. The molecule has 2 nitrogen and oxygen atoms in total. The summed E-state index contributed by atoms with van der Waals surface area (Å²) in [6.07, 6.45) is 0. The van der Waals surface area contributed by atoms with Gasteiger partial charge in [0.05, 0.1) is 11.1 Å². The van der Waals surface area contributed by atoms with Crippen LogP contribution in [0.1, 0.15) is 21.8 Å². The van der Waals surface area contributed by atoms with Crippen LogP contribution < -0.4 is 0 Å². The summed E-state index contributed by atoms with van der Waals surface area (Å²) in [5, 5.41) is 9.73. The zero-order valence-electron chi connectivity index (χ0n) is 10.1. The van der Waals surface area contributed by atoms with Crippen molar-refractivity contribution in [2.75, 3.05) is 0 Å². The summed E-state index contributed by atoms with van der Waals surface area (Å²) in [6.45, 7) is 0. The summed E-state index contributed by atoms with van der Waals surface area (Å²) in [4.78, 5) is 12.4. The number of rotatable bonds is 3. The third kappa shape index (κ3) is 3.29. The lowest BCUT2D eigenvalue weighted by atomic mass is 9.92. The summed E-state index contributed by atoms with van der Waals surface area (Å²) in [5.41, 5.74) is 1.09. The minimum atomic E-state index is -0.833. The highest BCUT2D eigenvalue weighted by molar-refractivity contribution is 9.10. The molecule has 2 aromatic carbocycles. The number of nitriles is 1. The fourth-order valence-corrected chi connectivity index (χ4v) is 2.45. The highest BCUT2D eigenvalue weighted by Gasteiger charge is 2.22. The molecule has 0 saturated heterocycles. The second-order valence-electron chi connectivity index (χ2n) is 4.11. The van der Waals surface area contributed by atoms with Crippen LogP contribution >= 0.6 is 43.5 Å². The predicted molar refractivity (Wildman–Crippen MR) is 86.0 cm³/mol. The van der Waals surface area contributed by atoms with Crippen LogP contribution in [0.2, 0.25) is 5.02 Å². The second kappa shape index (κ2) is 6.53. The van der Waals surface area contributed by atoms with Crippen molar-refractivity contribution in [2.24, 2.45) is 0 Å². The Morgan fingerprint density at radius 2 is 1.80 bits per heavy atom. The van der Waals surface area contributed by atoms with Crippen LogP contribution in [-0.4, -0.2) is 5.78 Å². The van der Waals surface area contributed by atoms with Crippen LogP contribution in [0.4, 0.5) is 0 Å². The molecule has 0 aromatic heterocycles. The maximum atomic E-state index is 12.4. The Hall–Kier alpha value is -1.15. The van der Waals surface area contributed by atoms with Crippen LogP contribution in [0.3, 0.4) is 0 Å². The molecular weight excluding hydrogens is 405 g/mol. The molecule has 2 aromatic rings. The molecule has 0 aliphatic heterocycles. The van der Waals surface area contributed by atoms with Crippen LogP contribution in [0.25, 0.3) is 0 Å². The largest absolute Gasteiger partial charge is 0.292 e. The molecule has 0 heterocycles. The molecule has 100 valence electrons. The molecule has 0 fully saturated rings. The lowest BCUT2D eigenvalue weighted by Crippen LogP contribution is -2.11. The number of carbonyl (C=O) groups is 1. The van der Waals surface area contributed by atoms with Crippen molar-refractivity contribution in [3.05, 3.63) is 67.6 Å². The lowest BCUT2D eigenvalue weighted by Gasteiger charge is -2.09. The number of hydrogen-bond acceptors (Lipinski definition) is 2. The van der Waals surface area contributed by atoms with Gasteiger partial charge in [0.2, 0.25) is 0 Å². The van der Waals surface area contributed by atoms with Crippen LogP contribution in [0.5, 0.6) is 0 Å². The number of benzene rings is 2. The minimum absolute atomic E-state index is 0.260. The van der Waals surface area contributed by atoms with Crippen LogP contribution in [-0.2, 0) is 0 Å². The van der Waals surface area contributed by atoms with Gasteiger partial charge in [-0.05, 0) is 45.8 Å². The Morgan fingerprint density at radius 3 is 2.35 bits per heavy atom. The summed E-state index contributed by atoms with van der Waals surface area (Å²) in [7, 11) is 0. The first-order chi connectivity index (χ1) is 9.52. The van der Waals surface area contributed by atoms with Gasteiger partial charge in [-0.1, -0.05) is 45.7 Å². The molecule has 0 aliphatic carbocycles. The van der Waals surface area contributed by atoms with Gasteiger partial charge in [-0.2, -0.15) is 5.26 Å². The van der Waals surface area contributed by atoms with E-state index in [-0.39, 0.29) is 5.78 Å². The van der Waals surface area contributed by atoms with Gasteiger partial charge in [-0.25, -0.2) is 0 Å². The highest BCUT2D eigenvalue weighted by atomic mass is 79.9. The van der Waals surface area contributed by atoms with Crippen molar-refractivity contribution >= 4 is 49.2 Å². The van der Waals surface area contributed by atoms with E-state index in [4.69, 9.17) is 11.6 Å². The summed E-state index contributed by atoms with van der Waals surface area (Å²) in [6, 6.07) is 14.1. The Morgan fingerprint density at radius 1 is 1.15 bits per heavy atom. The van der Waals surface area contributed by atoms with Gasteiger partial charge in [0.15, 0.2) is 5.78 Å². The van der Waals surface area contributed by atoms with E-state index < -0.39 is 5.92 Å².